The third-order valence-corrected chi connectivity index (χ3v) is 2.43. The van der Waals surface area contributed by atoms with E-state index in [1.54, 1.807) is 18.5 Å². The summed E-state index contributed by atoms with van der Waals surface area (Å²) in [6.07, 6.45) is 3.01. The summed E-state index contributed by atoms with van der Waals surface area (Å²) >= 11 is 0. The lowest BCUT2D eigenvalue weighted by atomic mass is 10.4. The number of nitro groups is 1. The highest BCUT2D eigenvalue weighted by molar-refractivity contribution is 5.56. The Morgan fingerprint density at radius 1 is 1.56 bits per heavy atom. The van der Waals surface area contributed by atoms with E-state index < -0.39 is 4.92 Å². The van der Waals surface area contributed by atoms with Crippen LogP contribution in [-0.2, 0) is 13.1 Å². The van der Waals surface area contributed by atoms with E-state index in [1.165, 1.54) is 6.20 Å². The number of nitrogens with one attached hydrogen (secondary N) is 1. The van der Waals surface area contributed by atoms with Crippen LogP contribution in [-0.4, -0.2) is 24.7 Å². The van der Waals surface area contributed by atoms with Crippen LogP contribution in [0.3, 0.4) is 0 Å². The van der Waals surface area contributed by atoms with Crippen LogP contribution in [0.15, 0.2) is 24.7 Å². The molecule has 0 aromatic carbocycles. The summed E-state index contributed by atoms with van der Waals surface area (Å²) in [4.78, 5) is 14.0. The van der Waals surface area contributed by atoms with Gasteiger partial charge in [-0.05, 0) is 29.0 Å². The van der Waals surface area contributed by atoms with E-state index in [4.69, 9.17) is 0 Å². The molecule has 0 unspecified atom stereocenters. The second-order valence-electron chi connectivity index (χ2n) is 3.52. The molecule has 0 saturated carbocycles. The van der Waals surface area contributed by atoms with Gasteiger partial charge in [-0.2, -0.15) is 0 Å². The average molecular weight is 248 g/mol. The van der Waals surface area contributed by atoms with E-state index in [1.807, 2.05) is 11.5 Å². The Kier molecular flexibility index (Phi) is 3.46. The Morgan fingerprint density at radius 2 is 2.39 bits per heavy atom. The van der Waals surface area contributed by atoms with Gasteiger partial charge in [0.25, 0.3) is 0 Å². The van der Waals surface area contributed by atoms with Crippen molar-refractivity contribution in [3.8, 4) is 0 Å². The molecule has 0 aliphatic carbocycles. The van der Waals surface area contributed by atoms with Crippen LogP contribution in [0.2, 0.25) is 0 Å². The van der Waals surface area contributed by atoms with Crippen LogP contribution >= 0.6 is 0 Å². The van der Waals surface area contributed by atoms with Gasteiger partial charge in [-0.25, -0.2) is 0 Å². The van der Waals surface area contributed by atoms with Gasteiger partial charge in [0.1, 0.15) is 18.2 Å². The van der Waals surface area contributed by atoms with E-state index in [2.05, 4.69) is 20.5 Å². The van der Waals surface area contributed by atoms with Crippen LogP contribution in [0.4, 0.5) is 11.5 Å². The summed E-state index contributed by atoms with van der Waals surface area (Å²) < 4.78 is 1.86. The van der Waals surface area contributed by atoms with Crippen molar-refractivity contribution in [2.75, 3.05) is 5.32 Å². The maximum Gasteiger partial charge on any atom is 0.386 e. The lowest BCUT2D eigenvalue weighted by Gasteiger charge is -2.06. The molecule has 2 aromatic heterocycles. The maximum absolute atomic E-state index is 10.8. The number of anilines is 1. The summed E-state index contributed by atoms with van der Waals surface area (Å²) in [6.45, 7) is 3.08. The van der Waals surface area contributed by atoms with Crippen molar-refractivity contribution in [1.29, 1.82) is 0 Å². The van der Waals surface area contributed by atoms with E-state index in [0.29, 0.717) is 12.2 Å². The molecule has 0 radical (unpaired) electrons. The smallest absolute Gasteiger partial charge is 0.371 e. The first kappa shape index (κ1) is 12.0. The molecular weight excluding hydrogens is 236 g/mol. The third kappa shape index (κ3) is 2.42. The Labute approximate surface area is 103 Å². The zero-order valence-corrected chi connectivity index (χ0v) is 9.78. The van der Waals surface area contributed by atoms with E-state index >= 15 is 0 Å². The molecule has 0 aliphatic heterocycles. The van der Waals surface area contributed by atoms with Crippen molar-refractivity contribution in [2.24, 2.45) is 0 Å². The highest BCUT2D eigenvalue weighted by atomic mass is 16.6. The first-order valence-electron chi connectivity index (χ1n) is 5.42. The standard InChI is InChI=1S/C10H12N6O2/c1-2-15-7-13-14-9(15)6-12-8-4-3-5-11-10(8)16(17)18/h3-5,7,12H,2,6H2,1H3. The molecule has 0 spiro atoms. The molecule has 0 atom stereocenters. The quantitative estimate of drug-likeness (QED) is 0.630. The lowest BCUT2D eigenvalue weighted by molar-refractivity contribution is -0.388. The number of pyridine rings is 1. The molecule has 0 bridgehead atoms. The van der Waals surface area contributed by atoms with Crippen molar-refractivity contribution in [3.63, 3.8) is 0 Å². The fraction of sp³-hybridized carbons (Fsp3) is 0.300. The Hall–Kier alpha value is -2.51. The van der Waals surface area contributed by atoms with E-state index in [-0.39, 0.29) is 5.82 Å². The zero-order valence-electron chi connectivity index (χ0n) is 9.78. The number of hydrogen-bond donors (Lipinski definition) is 1. The van der Waals surface area contributed by atoms with Crippen molar-refractivity contribution >= 4 is 11.5 Å². The van der Waals surface area contributed by atoms with Gasteiger partial charge in [0.15, 0.2) is 5.82 Å². The molecule has 0 aliphatic rings. The van der Waals surface area contributed by atoms with Gasteiger partial charge in [0.2, 0.25) is 0 Å². The minimum absolute atomic E-state index is 0.194. The first-order chi connectivity index (χ1) is 8.72. The van der Waals surface area contributed by atoms with Gasteiger partial charge in [0, 0.05) is 6.54 Å². The van der Waals surface area contributed by atoms with Crippen molar-refractivity contribution < 1.29 is 4.92 Å². The summed E-state index contributed by atoms with van der Waals surface area (Å²) in [5.41, 5.74) is 0.369. The number of hydrogen-bond acceptors (Lipinski definition) is 6. The molecule has 2 rings (SSSR count). The van der Waals surface area contributed by atoms with Crippen LogP contribution in [0.5, 0.6) is 0 Å². The molecule has 0 amide bonds. The number of aryl methyl sites for hydroxylation is 1. The highest BCUT2D eigenvalue weighted by Crippen LogP contribution is 2.20. The summed E-state index contributed by atoms with van der Waals surface area (Å²) in [5.74, 6) is 0.524. The van der Waals surface area contributed by atoms with Gasteiger partial charge >= 0.3 is 5.82 Å². The Morgan fingerprint density at radius 3 is 3.11 bits per heavy atom. The predicted molar refractivity (Wildman–Crippen MR) is 63.9 cm³/mol. The topological polar surface area (TPSA) is 98.8 Å². The second kappa shape index (κ2) is 5.21. The molecule has 0 fully saturated rings. The molecule has 2 aromatic rings. The molecule has 8 heteroatoms. The largest absolute Gasteiger partial charge is 0.386 e. The SMILES string of the molecule is CCn1cnnc1CNc1cccnc1[N+](=O)[O-]. The molecule has 94 valence electrons. The minimum atomic E-state index is -0.521. The van der Waals surface area contributed by atoms with Gasteiger partial charge < -0.3 is 20.0 Å². The van der Waals surface area contributed by atoms with E-state index in [9.17, 15) is 10.1 Å². The fourth-order valence-corrected chi connectivity index (χ4v) is 1.53. The zero-order chi connectivity index (χ0) is 13.0. The summed E-state index contributed by atoms with van der Waals surface area (Å²) in [5, 5.41) is 21.4. The summed E-state index contributed by atoms with van der Waals surface area (Å²) in [7, 11) is 0. The molecule has 0 saturated heterocycles. The number of aromatic nitrogens is 4. The number of nitrogens with zero attached hydrogens (tertiary/aromatic N) is 5. The first-order valence-corrected chi connectivity index (χ1v) is 5.42. The molecule has 18 heavy (non-hydrogen) atoms. The Balaban J connectivity index is 2.13. The van der Waals surface area contributed by atoms with Crippen molar-refractivity contribution in [2.45, 2.75) is 20.0 Å². The third-order valence-electron chi connectivity index (χ3n) is 2.43. The van der Waals surface area contributed by atoms with E-state index in [0.717, 1.165) is 12.4 Å². The molecule has 8 nitrogen and oxygen atoms in total. The Bertz CT molecular complexity index is 553. The van der Waals surface area contributed by atoms with Gasteiger partial charge in [0.05, 0.1) is 6.54 Å². The summed E-state index contributed by atoms with van der Waals surface area (Å²) in [6, 6.07) is 3.25. The van der Waals surface area contributed by atoms with Crippen LogP contribution < -0.4 is 5.32 Å². The van der Waals surface area contributed by atoms with Crippen molar-refractivity contribution in [3.05, 3.63) is 40.6 Å². The fourth-order valence-electron chi connectivity index (χ4n) is 1.53. The van der Waals surface area contributed by atoms with Gasteiger partial charge in [-0.15, -0.1) is 10.2 Å². The normalized spacial score (nSPS) is 10.3. The van der Waals surface area contributed by atoms with Gasteiger partial charge in [-0.1, -0.05) is 0 Å². The van der Waals surface area contributed by atoms with Crippen LogP contribution in [0, 0.1) is 10.1 Å². The van der Waals surface area contributed by atoms with Gasteiger partial charge in [-0.3, -0.25) is 0 Å². The highest BCUT2D eigenvalue weighted by Gasteiger charge is 2.14. The maximum atomic E-state index is 10.8. The molecule has 2 heterocycles. The molecular formula is C10H12N6O2. The number of rotatable bonds is 5. The minimum Gasteiger partial charge on any atom is -0.371 e. The average Bonchev–Trinajstić information content (AvgIpc) is 2.84. The lowest BCUT2D eigenvalue weighted by Crippen LogP contribution is -2.09. The monoisotopic (exact) mass is 248 g/mol. The predicted octanol–water partition coefficient (Wildman–Crippen LogP) is 1.21. The molecule has 1 N–H and O–H groups in total. The second-order valence-corrected chi connectivity index (χ2v) is 3.52. The van der Waals surface area contributed by atoms with Crippen LogP contribution in [0.25, 0.3) is 0 Å². The van der Waals surface area contributed by atoms with Crippen LogP contribution in [0.1, 0.15) is 12.7 Å². The van der Waals surface area contributed by atoms with Crippen molar-refractivity contribution in [1.82, 2.24) is 19.7 Å².